The lowest BCUT2D eigenvalue weighted by atomic mass is 10.1. The average Bonchev–Trinajstić information content (AvgIpc) is 2.80. The molecule has 0 aliphatic carbocycles. The van der Waals surface area contributed by atoms with Crippen molar-refractivity contribution in [2.45, 2.75) is 19.4 Å². The zero-order valence-corrected chi connectivity index (χ0v) is 10.1. The highest BCUT2D eigenvalue weighted by molar-refractivity contribution is 5.94. The smallest absolute Gasteiger partial charge is 0.256 e. The molecule has 4 heteroatoms. The van der Waals surface area contributed by atoms with Crippen LogP contribution in [0.2, 0.25) is 0 Å². The topological polar surface area (TPSA) is 29.5 Å². The van der Waals surface area contributed by atoms with Crippen LogP contribution in [0.5, 0.6) is 0 Å². The monoisotopic (exact) mass is 237 g/mol. The van der Waals surface area contributed by atoms with Crippen molar-refractivity contribution in [3.63, 3.8) is 0 Å². The summed E-state index contributed by atoms with van der Waals surface area (Å²) in [6, 6.07) is 4.90. The number of likely N-dealkylation sites (tertiary alicyclic amines) is 1. The van der Waals surface area contributed by atoms with Crippen molar-refractivity contribution in [3.8, 4) is 0 Å². The average molecular weight is 237 g/mol. The highest BCUT2D eigenvalue weighted by atomic mass is 19.1. The van der Waals surface area contributed by atoms with E-state index < -0.39 is 5.82 Å². The third-order valence-corrected chi connectivity index (χ3v) is 3.19. The van der Waals surface area contributed by atoms with Gasteiger partial charge in [0.1, 0.15) is 5.82 Å². The fraction of sp³-hybridized carbons (Fsp3) is 0.462. The van der Waals surface area contributed by atoms with E-state index in [4.69, 9.17) is 4.74 Å². The largest absolute Gasteiger partial charge is 0.380 e. The third kappa shape index (κ3) is 2.31. The number of hydrogen-bond donors (Lipinski definition) is 0. The number of amides is 1. The molecular weight excluding hydrogens is 221 g/mol. The molecule has 1 aromatic rings. The van der Waals surface area contributed by atoms with Crippen molar-refractivity contribution in [3.05, 3.63) is 35.1 Å². The molecule has 0 radical (unpaired) electrons. The van der Waals surface area contributed by atoms with Gasteiger partial charge in [-0.2, -0.15) is 0 Å². The summed E-state index contributed by atoms with van der Waals surface area (Å²) < 4.78 is 19.0. The van der Waals surface area contributed by atoms with E-state index in [1.54, 1.807) is 31.1 Å². The van der Waals surface area contributed by atoms with E-state index in [-0.39, 0.29) is 17.6 Å². The first-order valence-electron chi connectivity index (χ1n) is 5.70. The van der Waals surface area contributed by atoms with Crippen LogP contribution in [0.3, 0.4) is 0 Å². The highest BCUT2D eigenvalue weighted by Crippen LogP contribution is 2.18. The van der Waals surface area contributed by atoms with E-state index >= 15 is 0 Å². The Morgan fingerprint density at radius 1 is 1.53 bits per heavy atom. The molecule has 0 spiro atoms. The van der Waals surface area contributed by atoms with E-state index in [0.29, 0.717) is 18.7 Å². The minimum atomic E-state index is -0.418. The van der Waals surface area contributed by atoms with Crippen LogP contribution >= 0.6 is 0 Å². The van der Waals surface area contributed by atoms with Crippen LogP contribution in [0.4, 0.5) is 4.39 Å². The molecule has 1 aromatic carbocycles. The molecule has 17 heavy (non-hydrogen) atoms. The van der Waals surface area contributed by atoms with Crippen LogP contribution < -0.4 is 0 Å². The first-order chi connectivity index (χ1) is 8.13. The molecule has 1 unspecified atom stereocenters. The number of hydrogen-bond acceptors (Lipinski definition) is 2. The molecule has 1 aliphatic rings. The predicted octanol–water partition coefficient (Wildman–Crippen LogP) is 2.00. The van der Waals surface area contributed by atoms with E-state index in [1.165, 1.54) is 6.07 Å². The lowest BCUT2D eigenvalue weighted by Crippen LogP contribution is -2.30. The summed E-state index contributed by atoms with van der Waals surface area (Å²) in [5, 5.41) is 0. The number of nitrogens with zero attached hydrogens (tertiary/aromatic N) is 1. The normalized spacial score (nSPS) is 19.7. The van der Waals surface area contributed by atoms with Crippen LogP contribution in [0.15, 0.2) is 18.2 Å². The van der Waals surface area contributed by atoms with Crippen LogP contribution in [-0.4, -0.2) is 37.1 Å². The first-order valence-corrected chi connectivity index (χ1v) is 5.70. The number of rotatable bonds is 2. The second kappa shape index (κ2) is 4.84. The van der Waals surface area contributed by atoms with Crippen LogP contribution in [-0.2, 0) is 4.74 Å². The number of aryl methyl sites for hydroxylation is 1. The van der Waals surface area contributed by atoms with Gasteiger partial charge in [-0.25, -0.2) is 4.39 Å². The molecule has 0 bridgehead atoms. The Bertz CT molecular complexity index is 433. The molecule has 1 aliphatic heterocycles. The molecule has 3 nitrogen and oxygen atoms in total. The van der Waals surface area contributed by atoms with Gasteiger partial charge in [-0.15, -0.1) is 0 Å². The second-order valence-corrected chi connectivity index (χ2v) is 4.33. The zero-order valence-electron chi connectivity index (χ0n) is 10.1. The van der Waals surface area contributed by atoms with Gasteiger partial charge in [0.15, 0.2) is 0 Å². The number of halogens is 1. The SMILES string of the molecule is COC1CCN(C(=O)c2cccc(C)c2F)C1. The van der Waals surface area contributed by atoms with Gasteiger partial charge in [0.25, 0.3) is 5.91 Å². The summed E-state index contributed by atoms with van der Waals surface area (Å²) >= 11 is 0. The van der Waals surface area contributed by atoms with Gasteiger partial charge in [0.05, 0.1) is 11.7 Å². The lowest BCUT2D eigenvalue weighted by Gasteiger charge is -2.17. The summed E-state index contributed by atoms with van der Waals surface area (Å²) in [6.07, 6.45) is 0.891. The molecule has 0 saturated carbocycles. The maximum atomic E-state index is 13.8. The van der Waals surface area contributed by atoms with E-state index in [0.717, 1.165) is 6.42 Å². The molecular formula is C13H16FNO2. The minimum absolute atomic E-state index is 0.0758. The third-order valence-electron chi connectivity index (χ3n) is 3.19. The van der Waals surface area contributed by atoms with E-state index in [9.17, 15) is 9.18 Å². The van der Waals surface area contributed by atoms with Gasteiger partial charge in [0, 0.05) is 20.2 Å². The van der Waals surface area contributed by atoms with Gasteiger partial charge >= 0.3 is 0 Å². The summed E-state index contributed by atoms with van der Waals surface area (Å²) in [7, 11) is 1.63. The molecule has 92 valence electrons. The van der Waals surface area contributed by atoms with Crippen molar-refractivity contribution in [1.82, 2.24) is 4.90 Å². The lowest BCUT2D eigenvalue weighted by molar-refractivity contribution is 0.0720. The number of carbonyl (C=O) groups is 1. The Hall–Kier alpha value is -1.42. The Labute approximate surface area is 100 Å². The summed E-state index contributed by atoms with van der Waals surface area (Å²) in [4.78, 5) is 13.8. The Morgan fingerprint density at radius 2 is 2.29 bits per heavy atom. The maximum Gasteiger partial charge on any atom is 0.256 e. The summed E-state index contributed by atoms with van der Waals surface area (Å²) in [5.41, 5.74) is 0.653. The van der Waals surface area contributed by atoms with Gasteiger partial charge in [-0.05, 0) is 25.0 Å². The molecule has 0 N–H and O–H groups in total. The van der Waals surface area contributed by atoms with Crippen molar-refractivity contribution in [2.75, 3.05) is 20.2 Å². The van der Waals surface area contributed by atoms with Gasteiger partial charge in [-0.3, -0.25) is 4.79 Å². The Balaban J connectivity index is 2.18. The number of carbonyl (C=O) groups excluding carboxylic acids is 1. The summed E-state index contributed by atoms with van der Waals surface area (Å²) in [6.45, 7) is 2.83. The molecule has 1 saturated heterocycles. The molecule has 1 atom stereocenters. The molecule has 1 amide bonds. The molecule has 2 rings (SSSR count). The van der Waals surface area contributed by atoms with Crippen molar-refractivity contribution < 1.29 is 13.9 Å². The number of benzene rings is 1. The van der Waals surface area contributed by atoms with Crippen molar-refractivity contribution >= 4 is 5.91 Å². The van der Waals surface area contributed by atoms with Gasteiger partial charge in [0.2, 0.25) is 0 Å². The molecule has 0 aromatic heterocycles. The maximum absolute atomic E-state index is 13.8. The van der Waals surface area contributed by atoms with E-state index in [2.05, 4.69) is 0 Å². The molecule has 1 fully saturated rings. The van der Waals surface area contributed by atoms with Crippen molar-refractivity contribution in [1.29, 1.82) is 0 Å². The van der Waals surface area contributed by atoms with Crippen LogP contribution in [0.25, 0.3) is 0 Å². The van der Waals surface area contributed by atoms with Gasteiger partial charge < -0.3 is 9.64 Å². The van der Waals surface area contributed by atoms with Gasteiger partial charge in [-0.1, -0.05) is 12.1 Å². The zero-order chi connectivity index (χ0) is 12.4. The Morgan fingerprint density at radius 3 is 2.94 bits per heavy atom. The van der Waals surface area contributed by atoms with Crippen molar-refractivity contribution in [2.24, 2.45) is 0 Å². The minimum Gasteiger partial charge on any atom is -0.380 e. The van der Waals surface area contributed by atoms with Crippen LogP contribution in [0.1, 0.15) is 22.3 Å². The predicted molar refractivity (Wildman–Crippen MR) is 62.5 cm³/mol. The molecule has 1 heterocycles. The quantitative estimate of drug-likeness (QED) is 0.787. The first kappa shape index (κ1) is 12.0. The second-order valence-electron chi connectivity index (χ2n) is 4.33. The fourth-order valence-corrected chi connectivity index (χ4v) is 2.09. The summed E-state index contributed by atoms with van der Waals surface area (Å²) in [5.74, 6) is -0.663. The number of methoxy groups -OCH3 is 1. The number of ether oxygens (including phenoxy) is 1. The standard InChI is InChI=1S/C13H16FNO2/c1-9-4-3-5-11(12(9)14)13(16)15-7-6-10(8-15)17-2/h3-5,10H,6-8H2,1-2H3. The van der Waals surface area contributed by atoms with E-state index in [1.807, 2.05) is 0 Å². The Kier molecular flexibility index (Phi) is 3.43. The fourth-order valence-electron chi connectivity index (χ4n) is 2.09. The van der Waals surface area contributed by atoms with Crippen LogP contribution in [0, 0.1) is 12.7 Å². The highest BCUT2D eigenvalue weighted by Gasteiger charge is 2.28.